The van der Waals surface area contributed by atoms with Gasteiger partial charge in [0, 0.05) is 43.3 Å². The van der Waals surface area contributed by atoms with Gasteiger partial charge in [0.25, 0.3) is 5.91 Å². The first-order chi connectivity index (χ1) is 14.5. The maximum absolute atomic E-state index is 13.2. The molecule has 0 radical (unpaired) electrons. The molecular weight excluding hydrogens is 385 g/mol. The van der Waals surface area contributed by atoms with Gasteiger partial charge in [0.2, 0.25) is 0 Å². The number of amides is 1. The van der Waals surface area contributed by atoms with Gasteiger partial charge in [-0.05, 0) is 36.7 Å². The molecule has 0 aliphatic carbocycles. The van der Waals surface area contributed by atoms with Crippen LogP contribution in [0.5, 0.6) is 0 Å². The number of aromatic nitrogens is 3. The Labute approximate surface area is 174 Å². The zero-order chi connectivity index (χ0) is 21.3. The molecule has 2 aromatic heterocycles. The lowest BCUT2D eigenvalue weighted by Crippen LogP contribution is -2.26. The van der Waals surface area contributed by atoms with E-state index in [9.17, 15) is 14.3 Å². The lowest BCUT2D eigenvalue weighted by molar-refractivity contribution is 0.0783. The number of halogens is 1. The van der Waals surface area contributed by atoms with E-state index in [1.165, 1.54) is 12.3 Å². The number of aliphatic hydroxyl groups is 1. The summed E-state index contributed by atoms with van der Waals surface area (Å²) in [6.45, 7) is 1.33. The van der Waals surface area contributed by atoms with Crippen molar-refractivity contribution >= 4 is 5.91 Å². The lowest BCUT2D eigenvalue weighted by atomic mass is 10.1. The first-order valence-electron chi connectivity index (χ1n) is 9.61. The summed E-state index contributed by atoms with van der Waals surface area (Å²) in [5, 5.41) is 13.2. The molecule has 0 fully saturated rings. The molecule has 0 bridgehead atoms. The zero-order valence-corrected chi connectivity index (χ0v) is 16.7. The molecule has 1 aromatic carbocycles. The molecule has 0 spiro atoms. The van der Waals surface area contributed by atoms with Crippen molar-refractivity contribution in [2.45, 2.75) is 19.1 Å². The SMILES string of the molecule is CN(Cc1cnccn1)C(=O)c1ccc(CCNCC(O)c2cncc(F)c2)cc1. The number of rotatable bonds is 9. The minimum absolute atomic E-state index is 0.0860. The van der Waals surface area contributed by atoms with Crippen LogP contribution in [0.3, 0.4) is 0 Å². The van der Waals surface area contributed by atoms with Gasteiger partial charge < -0.3 is 15.3 Å². The predicted octanol–water partition coefficient (Wildman–Crippen LogP) is 2.15. The quantitative estimate of drug-likeness (QED) is 0.526. The Morgan fingerprint density at radius 2 is 1.97 bits per heavy atom. The van der Waals surface area contributed by atoms with Gasteiger partial charge in [-0.25, -0.2) is 4.39 Å². The summed E-state index contributed by atoms with van der Waals surface area (Å²) >= 11 is 0. The van der Waals surface area contributed by atoms with Gasteiger partial charge in [0.1, 0.15) is 5.82 Å². The van der Waals surface area contributed by atoms with Crippen LogP contribution in [0.1, 0.15) is 33.3 Å². The summed E-state index contributed by atoms with van der Waals surface area (Å²) in [5.74, 6) is -0.555. The van der Waals surface area contributed by atoms with E-state index in [-0.39, 0.29) is 5.91 Å². The van der Waals surface area contributed by atoms with E-state index in [0.29, 0.717) is 30.8 Å². The van der Waals surface area contributed by atoms with Crippen molar-refractivity contribution in [2.24, 2.45) is 0 Å². The van der Waals surface area contributed by atoms with Crippen LogP contribution in [0.25, 0.3) is 0 Å². The smallest absolute Gasteiger partial charge is 0.253 e. The minimum atomic E-state index is -0.821. The van der Waals surface area contributed by atoms with Crippen LogP contribution in [0.4, 0.5) is 4.39 Å². The Morgan fingerprint density at radius 3 is 2.67 bits per heavy atom. The van der Waals surface area contributed by atoms with E-state index < -0.39 is 11.9 Å². The van der Waals surface area contributed by atoms with Crippen LogP contribution in [-0.2, 0) is 13.0 Å². The van der Waals surface area contributed by atoms with Crippen LogP contribution >= 0.6 is 0 Å². The summed E-state index contributed by atoms with van der Waals surface area (Å²) in [6.07, 6.45) is 7.30. The van der Waals surface area contributed by atoms with Gasteiger partial charge in [-0.1, -0.05) is 12.1 Å². The fraction of sp³-hybridized carbons (Fsp3) is 0.273. The molecule has 0 saturated heterocycles. The third-order valence-corrected chi connectivity index (χ3v) is 4.60. The summed E-state index contributed by atoms with van der Waals surface area (Å²) in [4.78, 5) is 26.1. The fourth-order valence-electron chi connectivity index (χ4n) is 2.96. The molecule has 2 N–H and O–H groups in total. The van der Waals surface area contributed by atoms with Crippen LogP contribution < -0.4 is 5.32 Å². The van der Waals surface area contributed by atoms with Crippen molar-refractivity contribution < 1.29 is 14.3 Å². The molecule has 7 nitrogen and oxygen atoms in total. The maximum Gasteiger partial charge on any atom is 0.253 e. The average Bonchev–Trinajstić information content (AvgIpc) is 2.77. The highest BCUT2D eigenvalue weighted by Gasteiger charge is 2.13. The van der Waals surface area contributed by atoms with Gasteiger partial charge in [-0.15, -0.1) is 0 Å². The first kappa shape index (κ1) is 21.5. The van der Waals surface area contributed by atoms with Gasteiger partial charge in [-0.2, -0.15) is 0 Å². The number of aliphatic hydroxyl groups excluding tert-OH is 1. The molecule has 2 heterocycles. The average molecular weight is 409 g/mol. The number of carbonyl (C=O) groups is 1. The van der Waals surface area contributed by atoms with Crippen molar-refractivity contribution in [3.63, 3.8) is 0 Å². The van der Waals surface area contributed by atoms with Crippen molar-refractivity contribution in [1.82, 2.24) is 25.2 Å². The number of nitrogens with zero attached hydrogens (tertiary/aromatic N) is 4. The molecule has 30 heavy (non-hydrogen) atoms. The molecule has 8 heteroatoms. The molecular formula is C22H24FN5O2. The van der Waals surface area contributed by atoms with Crippen molar-refractivity contribution in [3.8, 4) is 0 Å². The van der Waals surface area contributed by atoms with E-state index in [1.54, 1.807) is 42.7 Å². The predicted molar refractivity (Wildman–Crippen MR) is 110 cm³/mol. The molecule has 0 saturated carbocycles. The molecule has 0 aliphatic rings. The molecule has 1 amide bonds. The van der Waals surface area contributed by atoms with E-state index in [1.807, 2.05) is 12.1 Å². The highest BCUT2D eigenvalue weighted by molar-refractivity contribution is 5.94. The second-order valence-electron chi connectivity index (χ2n) is 6.96. The second-order valence-corrected chi connectivity index (χ2v) is 6.96. The maximum atomic E-state index is 13.2. The molecule has 1 unspecified atom stereocenters. The van der Waals surface area contributed by atoms with E-state index >= 15 is 0 Å². The Bertz CT molecular complexity index is 953. The van der Waals surface area contributed by atoms with Gasteiger partial charge >= 0.3 is 0 Å². The topological polar surface area (TPSA) is 91.2 Å². The Kier molecular flexibility index (Phi) is 7.53. The minimum Gasteiger partial charge on any atom is -0.387 e. The van der Waals surface area contributed by atoms with Crippen LogP contribution in [0.2, 0.25) is 0 Å². The molecule has 1 atom stereocenters. The summed E-state index contributed by atoms with van der Waals surface area (Å²) in [7, 11) is 1.73. The highest BCUT2D eigenvalue weighted by atomic mass is 19.1. The van der Waals surface area contributed by atoms with Gasteiger partial charge in [0.15, 0.2) is 0 Å². The number of nitrogens with one attached hydrogen (secondary N) is 1. The van der Waals surface area contributed by atoms with E-state index in [2.05, 4.69) is 20.3 Å². The first-order valence-corrected chi connectivity index (χ1v) is 9.61. The second kappa shape index (κ2) is 10.5. The summed E-state index contributed by atoms with van der Waals surface area (Å²) < 4.78 is 13.2. The Balaban J connectivity index is 1.44. The standard InChI is InChI=1S/C22H24FN5O2/c1-28(15-20-13-25-8-9-27-20)22(30)17-4-2-16(3-5-17)6-7-24-14-21(29)18-10-19(23)12-26-11-18/h2-5,8-13,21,24,29H,6-7,14-15H2,1H3. The lowest BCUT2D eigenvalue weighted by Gasteiger charge is -2.16. The number of carbonyl (C=O) groups excluding carboxylic acids is 1. The monoisotopic (exact) mass is 409 g/mol. The van der Waals surface area contributed by atoms with Crippen LogP contribution in [-0.4, -0.2) is 51.0 Å². The summed E-state index contributed by atoms with van der Waals surface area (Å²) in [6, 6.07) is 8.71. The fourth-order valence-corrected chi connectivity index (χ4v) is 2.96. The third kappa shape index (κ3) is 6.13. The summed E-state index contributed by atoms with van der Waals surface area (Å²) in [5.41, 5.74) is 2.84. The molecule has 0 aliphatic heterocycles. The number of hydrogen-bond acceptors (Lipinski definition) is 6. The van der Waals surface area contributed by atoms with Crippen LogP contribution in [0.15, 0.2) is 61.3 Å². The van der Waals surface area contributed by atoms with Gasteiger partial charge in [-0.3, -0.25) is 19.7 Å². The zero-order valence-electron chi connectivity index (χ0n) is 16.7. The number of pyridine rings is 1. The molecule has 3 rings (SSSR count). The van der Waals surface area contributed by atoms with E-state index in [0.717, 1.165) is 23.9 Å². The molecule has 3 aromatic rings. The normalized spacial score (nSPS) is 11.8. The van der Waals surface area contributed by atoms with Gasteiger partial charge in [0.05, 0.1) is 30.7 Å². The Hall–Kier alpha value is -3.23. The van der Waals surface area contributed by atoms with Crippen LogP contribution in [0, 0.1) is 5.82 Å². The highest BCUT2D eigenvalue weighted by Crippen LogP contribution is 2.12. The number of hydrogen-bond donors (Lipinski definition) is 2. The van der Waals surface area contributed by atoms with Crippen molar-refractivity contribution in [1.29, 1.82) is 0 Å². The van der Waals surface area contributed by atoms with E-state index in [4.69, 9.17) is 0 Å². The van der Waals surface area contributed by atoms with Crippen molar-refractivity contribution in [2.75, 3.05) is 20.1 Å². The number of benzene rings is 1. The largest absolute Gasteiger partial charge is 0.387 e. The Morgan fingerprint density at radius 1 is 1.17 bits per heavy atom. The molecule has 156 valence electrons. The third-order valence-electron chi connectivity index (χ3n) is 4.60. The van der Waals surface area contributed by atoms with Crippen molar-refractivity contribution in [3.05, 3.63) is 89.5 Å².